The van der Waals surface area contributed by atoms with Crippen LogP contribution in [0.1, 0.15) is 36.0 Å². The number of hydrogen-bond donors (Lipinski definition) is 2. The van der Waals surface area contributed by atoms with E-state index in [1.165, 1.54) is 7.11 Å². The van der Waals surface area contributed by atoms with Crippen LogP contribution in [0.15, 0.2) is 85.2 Å². The molecule has 2 aromatic carbocycles. The summed E-state index contributed by atoms with van der Waals surface area (Å²) in [5.41, 5.74) is 5.53. The van der Waals surface area contributed by atoms with Crippen molar-refractivity contribution in [1.82, 2.24) is 14.9 Å². The highest BCUT2D eigenvalue weighted by molar-refractivity contribution is 7.80. The molecule has 2 N–H and O–H groups in total. The fourth-order valence-electron chi connectivity index (χ4n) is 4.93. The van der Waals surface area contributed by atoms with Gasteiger partial charge in [0.15, 0.2) is 5.11 Å². The third-order valence-corrected chi connectivity index (χ3v) is 6.96. The minimum Gasteiger partial charge on any atom is -0.494 e. The quantitative estimate of drug-likeness (QED) is 0.277. The molecule has 2 atom stereocenters. The van der Waals surface area contributed by atoms with Crippen molar-refractivity contribution in [3.63, 3.8) is 0 Å². The van der Waals surface area contributed by atoms with Gasteiger partial charge >= 0.3 is 0 Å². The number of hydrogen-bond acceptors (Lipinski definition) is 5. The molecule has 1 aliphatic rings. The summed E-state index contributed by atoms with van der Waals surface area (Å²) in [4.78, 5) is 18.9. The molecule has 4 aromatic rings. The van der Waals surface area contributed by atoms with Crippen LogP contribution in [0.4, 0.5) is 11.4 Å². The van der Waals surface area contributed by atoms with E-state index in [2.05, 4.69) is 49.5 Å². The Bertz CT molecular complexity index is 1460. The molecule has 9 heteroatoms. The van der Waals surface area contributed by atoms with Crippen LogP contribution in [-0.4, -0.2) is 40.9 Å². The molecule has 200 valence electrons. The fourth-order valence-corrected chi connectivity index (χ4v) is 5.27. The van der Waals surface area contributed by atoms with Crippen LogP contribution in [0.2, 0.25) is 0 Å². The van der Waals surface area contributed by atoms with E-state index in [1.54, 1.807) is 6.20 Å². The lowest BCUT2D eigenvalue weighted by atomic mass is 10.00. The van der Waals surface area contributed by atoms with Gasteiger partial charge in [-0.2, -0.15) is 0 Å². The third-order valence-electron chi connectivity index (χ3n) is 6.65. The molecule has 0 saturated carbocycles. The molecule has 0 radical (unpaired) electrons. The number of rotatable bonds is 9. The van der Waals surface area contributed by atoms with Crippen molar-refractivity contribution in [3.8, 4) is 11.4 Å². The van der Waals surface area contributed by atoms with Gasteiger partial charge in [0.05, 0.1) is 18.3 Å². The number of nitrogens with one attached hydrogen (secondary N) is 2. The monoisotopic (exact) mass is 541 g/mol. The van der Waals surface area contributed by atoms with Crippen LogP contribution in [0, 0.1) is 6.92 Å². The number of pyridine rings is 1. The summed E-state index contributed by atoms with van der Waals surface area (Å²) in [6.45, 7) is 4.56. The molecule has 0 spiro atoms. The maximum atomic E-state index is 12.1. The van der Waals surface area contributed by atoms with Gasteiger partial charge in [-0.05, 0) is 98.4 Å². The van der Waals surface area contributed by atoms with Crippen LogP contribution in [0.25, 0.3) is 5.69 Å². The highest BCUT2D eigenvalue weighted by Gasteiger charge is 2.42. The molecule has 0 aliphatic carbocycles. The molecule has 0 bridgehead atoms. The Morgan fingerprint density at radius 2 is 1.87 bits per heavy atom. The summed E-state index contributed by atoms with van der Waals surface area (Å²) >= 11 is 5.91. The Morgan fingerprint density at radius 1 is 1.08 bits per heavy atom. The molecule has 1 saturated heterocycles. The molecule has 0 unspecified atom stereocenters. The Balaban J connectivity index is 1.56. The second kappa shape index (κ2) is 11.7. The van der Waals surface area contributed by atoms with Crippen molar-refractivity contribution in [2.45, 2.75) is 25.9 Å². The van der Waals surface area contributed by atoms with Gasteiger partial charge in [-0.1, -0.05) is 6.07 Å². The van der Waals surface area contributed by atoms with Gasteiger partial charge in [0.2, 0.25) is 5.91 Å². The molecule has 39 heavy (non-hydrogen) atoms. The smallest absolute Gasteiger partial charge is 0.250 e. The van der Waals surface area contributed by atoms with Gasteiger partial charge in [-0.25, -0.2) is 0 Å². The highest BCUT2D eigenvalue weighted by Crippen LogP contribution is 2.43. The van der Waals surface area contributed by atoms with Crippen LogP contribution < -0.4 is 20.3 Å². The summed E-state index contributed by atoms with van der Waals surface area (Å²) in [5.74, 6) is 0.632. The van der Waals surface area contributed by atoms with Crippen molar-refractivity contribution in [2.75, 3.05) is 30.5 Å². The molecular weight excluding hydrogens is 510 g/mol. The second-order valence-electron chi connectivity index (χ2n) is 9.21. The van der Waals surface area contributed by atoms with Crippen molar-refractivity contribution < 1.29 is 14.3 Å². The van der Waals surface area contributed by atoms with Gasteiger partial charge in [0.1, 0.15) is 18.4 Å². The van der Waals surface area contributed by atoms with E-state index in [9.17, 15) is 4.79 Å². The van der Waals surface area contributed by atoms with Gasteiger partial charge < -0.3 is 29.6 Å². The molecule has 1 amide bonds. The largest absolute Gasteiger partial charge is 0.494 e. The summed E-state index contributed by atoms with van der Waals surface area (Å²) in [6, 6.07) is 23.7. The number of aromatic nitrogens is 2. The topological polar surface area (TPSA) is 80.7 Å². The average molecular weight is 542 g/mol. The van der Waals surface area contributed by atoms with Crippen molar-refractivity contribution in [3.05, 3.63) is 102 Å². The average Bonchev–Trinajstić information content (AvgIpc) is 3.55. The summed E-state index contributed by atoms with van der Waals surface area (Å²) in [5, 5.41) is 7.02. The van der Waals surface area contributed by atoms with Crippen LogP contribution in [0.5, 0.6) is 5.75 Å². The molecule has 1 aliphatic heterocycles. The van der Waals surface area contributed by atoms with Crippen LogP contribution in [-0.2, 0) is 9.53 Å². The zero-order valence-electron chi connectivity index (χ0n) is 22.1. The van der Waals surface area contributed by atoms with E-state index < -0.39 is 0 Å². The van der Waals surface area contributed by atoms with E-state index in [0.29, 0.717) is 11.7 Å². The Hall–Kier alpha value is -4.21. The number of methoxy groups -OCH3 is 1. The highest BCUT2D eigenvalue weighted by atomic mass is 32.1. The molecule has 1 fully saturated rings. The minimum absolute atomic E-state index is 0.00229. The van der Waals surface area contributed by atoms with E-state index >= 15 is 0 Å². The minimum atomic E-state index is -0.201. The number of thiocarbonyl (C=S) groups is 1. The molecule has 8 nitrogen and oxygen atoms in total. The predicted molar refractivity (Wildman–Crippen MR) is 157 cm³/mol. The van der Waals surface area contributed by atoms with Crippen molar-refractivity contribution in [1.29, 1.82) is 0 Å². The maximum Gasteiger partial charge on any atom is 0.250 e. The lowest BCUT2D eigenvalue weighted by Crippen LogP contribution is -2.30. The Labute approximate surface area is 233 Å². The van der Waals surface area contributed by atoms with E-state index in [-0.39, 0.29) is 24.6 Å². The van der Waals surface area contributed by atoms with Gasteiger partial charge in [-0.15, -0.1) is 0 Å². The fraction of sp³-hybridized carbons (Fsp3) is 0.233. The normalized spacial score (nSPS) is 16.7. The van der Waals surface area contributed by atoms with Crippen LogP contribution in [0.3, 0.4) is 0 Å². The molecule has 5 rings (SSSR count). The molecule has 2 aromatic heterocycles. The van der Waals surface area contributed by atoms with Crippen molar-refractivity contribution >= 4 is 34.6 Å². The standard InChI is InChI=1S/C30H31N5O3S/c1-4-38-23-13-10-21(11-14-23)34-17-7-9-26(34)29-28(25-8-5-6-16-31-25)33-30(39)35(29)22-12-15-24(20(2)18-22)32-27(36)19-37-3/h5-18,28-29H,4,19H2,1-3H3,(H,32,36)(H,33,39)/t28-,29+/m1/s1. The van der Waals surface area contributed by atoms with E-state index in [1.807, 2.05) is 68.4 Å². The number of anilines is 2. The summed E-state index contributed by atoms with van der Waals surface area (Å²) in [6.07, 6.45) is 3.85. The second-order valence-corrected chi connectivity index (χ2v) is 9.59. The Morgan fingerprint density at radius 3 is 2.56 bits per heavy atom. The molecule has 3 heterocycles. The number of aryl methyl sites for hydroxylation is 1. The zero-order valence-corrected chi connectivity index (χ0v) is 22.9. The Kier molecular flexibility index (Phi) is 7.90. The SMILES string of the molecule is CCOc1ccc(-n2cccc2[C@H]2[C@@H](c3ccccn3)NC(=S)N2c2ccc(NC(=O)COC)c(C)c2)cc1. The van der Waals surface area contributed by atoms with Gasteiger partial charge in [-0.3, -0.25) is 9.78 Å². The van der Waals surface area contributed by atoms with E-state index in [0.717, 1.165) is 39.8 Å². The number of benzene rings is 2. The summed E-state index contributed by atoms with van der Waals surface area (Å²) in [7, 11) is 1.50. The first kappa shape index (κ1) is 26.4. The third kappa shape index (κ3) is 5.50. The molecular formula is C30H31N5O3S. The first-order chi connectivity index (χ1) is 19.0. The number of amides is 1. The first-order valence-electron chi connectivity index (χ1n) is 12.8. The van der Waals surface area contributed by atoms with Gasteiger partial charge in [0.25, 0.3) is 0 Å². The first-order valence-corrected chi connectivity index (χ1v) is 13.2. The van der Waals surface area contributed by atoms with E-state index in [4.69, 9.17) is 21.7 Å². The lowest BCUT2D eigenvalue weighted by molar-refractivity contribution is -0.119. The predicted octanol–water partition coefficient (Wildman–Crippen LogP) is 5.34. The number of carbonyl (C=O) groups is 1. The van der Waals surface area contributed by atoms with Crippen LogP contribution >= 0.6 is 12.2 Å². The number of carbonyl (C=O) groups excluding carboxylic acids is 1. The van der Waals surface area contributed by atoms with Crippen molar-refractivity contribution in [2.24, 2.45) is 0 Å². The zero-order chi connectivity index (χ0) is 27.4. The number of ether oxygens (including phenoxy) is 2. The lowest BCUT2D eigenvalue weighted by Gasteiger charge is -2.29. The maximum absolute atomic E-state index is 12.1. The summed E-state index contributed by atoms with van der Waals surface area (Å²) < 4.78 is 12.8. The number of nitrogens with zero attached hydrogens (tertiary/aromatic N) is 3. The van der Waals surface area contributed by atoms with Gasteiger partial charge in [0, 0.05) is 42.3 Å².